The predicted octanol–water partition coefficient (Wildman–Crippen LogP) is -0.580. The fourth-order valence-electron chi connectivity index (χ4n) is 1.77. The molecular formula is C12H12N2O4. The van der Waals surface area contributed by atoms with Gasteiger partial charge in [-0.15, -0.1) is 0 Å². The summed E-state index contributed by atoms with van der Waals surface area (Å²) in [6.45, 7) is -0.215. The molecule has 0 aliphatic carbocycles. The summed E-state index contributed by atoms with van der Waals surface area (Å²) in [4.78, 5) is 35.3. The molecule has 0 saturated carbocycles. The number of nitrogens with zero attached hydrogens (tertiary/aromatic N) is 1. The molecule has 1 heterocycles. The maximum atomic E-state index is 11.9. The molecule has 0 unspecified atom stereocenters. The van der Waals surface area contributed by atoms with Gasteiger partial charge in [0, 0.05) is 0 Å². The van der Waals surface area contributed by atoms with E-state index >= 15 is 0 Å². The second-order valence-corrected chi connectivity index (χ2v) is 4.07. The Labute approximate surface area is 103 Å². The Morgan fingerprint density at radius 1 is 1.28 bits per heavy atom. The fourth-order valence-corrected chi connectivity index (χ4v) is 1.77. The van der Waals surface area contributed by atoms with Crippen LogP contribution in [0.5, 0.6) is 5.75 Å². The molecule has 0 atom stereocenters. The Morgan fingerprint density at radius 2 is 1.94 bits per heavy atom. The van der Waals surface area contributed by atoms with E-state index in [-0.39, 0.29) is 31.2 Å². The van der Waals surface area contributed by atoms with Gasteiger partial charge in [-0.3, -0.25) is 19.7 Å². The number of hydrogen-bond acceptors (Lipinski definition) is 4. The van der Waals surface area contributed by atoms with Gasteiger partial charge in [0.25, 0.3) is 0 Å². The molecule has 18 heavy (non-hydrogen) atoms. The zero-order valence-corrected chi connectivity index (χ0v) is 9.55. The molecule has 6 nitrogen and oxygen atoms in total. The van der Waals surface area contributed by atoms with E-state index in [0.717, 1.165) is 0 Å². The molecule has 1 fully saturated rings. The molecule has 94 valence electrons. The largest absolute Gasteiger partial charge is 0.508 e. The number of phenols is 1. The molecular weight excluding hydrogens is 236 g/mol. The van der Waals surface area contributed by atoms with Crippen molar-refractivity contribution in [1.29, 1.82) is 0 Å². The number of piperazine rings is 1. The van der Waals surface area contributed by atoms with Crippen LogP contribution >= 0.6 is 0 Å². The molecule has 3 amide bonds. The topological polar surface area (TPSA) is 86.7 Å². The first kappa shape index (κ1) is 12.1. The Bertz CT molecular complexity index is 497. The third kappa shape index (κ3) is 2.85. The quantitative estimate of drug-likeness (QED) is 0.685. The van der Waals surface area contributed by atoms with Crippen LogP contribution in [-0.2, 0) is 20.8 Å². The lowest BCUT2D eigenvalue weighted by molar-refractivity contribution is -0.145. The highest BCUT2D eigenvalue weighted by Crippen LogP contribution is 2.12. The highest BCUT2D eigenvalue weighted by molar-refractivity contribution is 6.02. The number of aromatic hydroxyl groups is 1. The lowest BCUT2D eigenvalue weighted by Crippen LogP contribution is -2.53. The summed E-state index contributed by atoms with van der Waals surface area (Å²) in [5, 5.41) is 11.4. The normalized spacial score (nSPS) is 15.4. The van der Waals surface area contributed by atoms with Gasteiger partial charge in [0.1, 0.15) is 18.8 Å². The fraction of sp³-hybridized carbons (Fsp3) is 0.250. The average Bonchev–Trinajstić information content (AvgIpc) is 2.27. The van der Waals surface area contributed by atoms with Crippen molar-refractivity contribution in [3.05, 3.63) is 29.8 Å². The van der Waals surface area contributed by atoms with Crippen LogP contribution in [-0.4, -0.2) is 40.8 Å². The molecule has 0 radical (unpaired) electrons. The smallest absolute Gasteiger partial charge is 0.246 e. The van der Waals surface area contributed by atoms with Crippen LogP contribution in [0.4, 0.5) is 0 Å². The molecule has 0 spiro atoms. The molecule has 2 rings (SSSR count). The summed E-state index contributed by atoms with van der Waals surface area (Å²) in [5.41, 5.74) is 0.637. The lowest BCUT2D eigenvalue weighted by atomic mass is 10.1. The van der Waals surface area contributed by atoms with Crippen molar-refractivity contribution in [2.75, 3.05) is 13.1 Å². The van der Waals surface area contributed by atoms with E-state index in [2.05, 4.69) is 5.32 Å². The van der Waals surface area contributed by atoms with E-state index in [9.17, 15) is 19.5 Å². The van der Waals surface area contributed by atoms with Gasteiger partial charge in [0.2, 0.25) is 17.7 Å². The third-order valence-corrected chi connectivity index (χ3v) is 2.57. The summed E-state index contributed by atoms with van der Waals surface area (Å²) in [7, 11) is 0. The molecule has 1 aliphatic rings. The predicted molar refractivity (Wildman–Crippen MR) is 61.5 cm³/mol. The lowest BCUT2D eigenvalue weighted by Gasteiger charge is -2.25. The number of benzene rings is 1. The van der Waals surface area contributed by atoms with Crippen LogP contribution in [0.3, 0.4) is 0 Å². The van der Waals surface area contributed by atoms with Gasteiger partial charge in [0.05, 0.1) is 6.42 Å². The van der Waals surface area contributed by atoms with Crippen LogP contribution < -0.4 is 5.32 Å². The van der Waals surface area contributed by atoms with Gasteiger partial charge < -0.3 is 10.0 Å². The number of carbonyl (C=O) groups is 3. The van der Waals surface area contributed by atoms with Gasteiger partial charge in [-0.2, -0.15) is 0 Å². The summed E-state index contributed by atoms with van der Waals surface area (Å²) < 4.78 is 0. The van der Waals surface area contributed by atoms with Gasteiger partial charge >= 0.3 is 0 Å². The Morgan fingerprint density at radius 3 is 2.56 bits per heavy atom. The van der Waals surface area contributed by atoms with Crippen LogP contribution in [0, 0.1) is 0 Å². The number of nitrogens with one attached hydrogen (secondary N) is 1. The van der Waals surface area contributed by atoms with Crippen molar-refractivity contribution in [3.8, 4) is 5.75 Å². The van der Waals surface area contributed by atoms with E-state index in [4.69, 9.17) is 0 Å². The van der Waals surface area contributed by atoms with E-state index < -0.39 is 11.8 Å². The average molecular weight is 248 g/mol. The zero-order valence-electron chi connectivity index (χ0n) is 9.55. The second-order valence-electron chi connectivity index (χ2n) is 4.07. The number of imide groups is 1. The van der Waals surface area contributed by atoms with Crippen molar-refractivity contribution in [3.63, 3.8) is 0 Å². The SMILES string of the molecule is O=C1CN(C(=O)Cc2cccc(O)c2)CC(=O)N1. The van der Waals surface area contributed by atoms with E-state index in [1.165, 1.54) is 17.0 Å². The number of amides is 3. The first-order valence-corrected chi connectivity index (χ1v) is 5.43. The highest BCUT2D eigenvalue weighted by Gasteiger charge is 2.26. The third-order valence-electron chi connectivity index (χ3n) is 2.57. The maximum absolute atomic E-state index is 11.9. The molecule has 0 aromatic heterocycles. The van der Waals surface area contributed by atoms with Crippen molar-refractivity contribution >= 4 is 17.7 Å². The summed E-state index contributed by atoms with van der Waals surface area (Å²) in [6, 6.07) is 6.31. The monoisotopic (exact) mass is 248 g/mol. The maximum Gasteiger partial charge on any atom is 0.246 e. The second kappa shape index (κ2) is 4.87. The molecule has 0 bridgehead atoms. The van der Waals surface area contributed by atoms with Crippen LogP contribution in [0.15, 0.2) is 24.3 Å². The molecule has 1 aromatic rings. The number of phenolic OH excluding ortho intramolecular Hbond substituents is 1. The Balaban J connectivity index is 2.03. The minimum atomic E-state index is -0.476. The van der Waals surface area contributed by atoms with Crippen molar-refractivity contribution in [2.45, 2.75) is 6.42 Å². The molecule has 6 heteroatoms. The number of hydrogen-bond donors (Lipinski definition) is 2. The summed E-state index contributed by atoms with van der Waals surface area (Å²) in [5.74, 6) is -1.19. The first-order valence-electron chi connectivity index (χ1n) is 5.43. The van der Waals surface area contributed by atoms with Crippen LogP contribution in [0.1, 0.15) is 5.56 Å². The van der Waals surface area contributed by atoms with Gasteiger partial charge in [-0.1, -0.05) is 12.1 Å². The van der Waals surface area contributed by atoms with Crippen molar-refractivity contribution < 1.29 is 19.5 Å². The van der Waals surface area contributed by atoms with E-state index in [1.54, 1.807) is 12.1 Å². The Kier molecular flexibility index (Phi) is 3.27. The minimum Gasteiger partial charge on any atom is -0.508 e. The Hall–Kier alpha value is -2.37. The first-order chi connectivity index (χ1) is 8.54. The molecule has 1 saturated heterocycles. The minimum absolute atomic E-state index is 0.0506. The van der Waals surface area contributed by atoms with Gasteiger partial charge in [-0.25, -0.2) is 0 Å². The van der Waals surface area contributed by atoms with Crippen LogP contribution in [0.2, 0.25) is 0 Å². The van der Waals surface area contributed by atoms with E-state index in [1.807, 2.05) is 0 Å². The zero-order chi connectivity index (χ0) is 13.1. The molecule has 2 N–H and O–H groups in total. The standard InChI is InChI=1S/C12H12N2O4/c15-9-3-1-2-8(4-9)5-12(18)14-6-10(16)13-11(17)7-14/h1-4,15H,5-7H2,(H,13,16,17). The van der Waals surface area contributed by atoms with Gasteiger partial charge in [0.15, 0.2) is 0 Å². The number of carbonyl (C=O) groups excluding carboxylic acids is 3. The van der Waals surface area contributed by atoms with Crippen molar-refractivity contribution in [2.24, 2.45) is 0 Å². The van der Waals surface area contributed by atoms with Gasteiger partial charge in [-0.05, 0) is 17.7 Å². The summed E-state index contributed by atoms with van der Waals surface area (Å²) in [6.07, 6.45) is 0.0506. The molecule has 1 aliphatic heterocycles. The number of rotatable bonds is 2. The summed E-state index contributed by atoms with van der Waals surface area (Å²) >= 11 is 0. The van der Waals surface area contributed by atoms with E-state index in [0.29, 0.717) is 5.56 Å². The molecule has 1 aromatic carbocycles. The van der Waals surface area contributed by atoms with Crippen molar-refractivity contribution in [1.82, 2.24) is 10.2 Å². The van der Waals surface area contributed by atoms with Crippen LogP contribution in [0.25, 0.3) is 0 Å². The highest BCUT2D eigenvalue weighted by atomic mass is 16.3.